The van der Waals surface area contributed by atoms with E-state index < -0.39 is 11.7 Å². The summed E-state index contributed by atoms with van der Waals surface area (Å²) in [5.41, 5.74) is 11.1. The molecule has 0 saturated carbocycles. The first kappa shape index (κ1) is 20.0. The highest BCUT2D eigenvalue weighted by Gasteiger charge is 2.29. The highest BCUT2D eigenvalue weighted by molar-refractivity contribution is 5.95. The van der Waals surface area contributed by atoms with Gasteiger partial charge in [0.15, 0.2) is 11.6 Å². The average Bonchev–Trinajstić information content (AvgIpc) is 3.00. The standard InChI is InChI=1S/C24H25F2N3O2/c25-14-2-5-16-17-4-1-13(9-22(17)29-21(16)8-3-14)11-28-15-10-19-18(24(27)30)6-7-20(26)23(19)31-12-15/h2-3,6-8,13,15,28-29H,1,4-5,9-12H2,(H2,27,30). The van der Waals surface area contributed by atoms with Crippen LogP contribution in [0.4, 0.5) is 8.78 Å². The monoisotopic (exact) mass is 425 g/mol. The van der Waals surface area contributed by atoms with E-state index in [1.807, 2.05) is 6.08 Å². The largest absolute Gasteiger partial charge is 0.489 e. The number of ether oxygens (including phenoxy) is 1. The van der Waals surface area contributed by atoms with Crippen LogP contribution < -0.4 is 15.8 Å². The number of hydrogen-bond donors (Lipinski definition) is 3. The fraction of sp³-hybridized carbons (Fsp3) is 0.375. The van der Waals surface area contributed by atoms with Gasteiger partial charge < -0.3 is 20.8 Å². The van der Waals surface area contributed by atoms with Crippen LogP contribution in [-0.4, -0.2) is 30.1 Å². The summed E-state index contributed by atoms with van der Waals surface area (Å²) in [6.07, 6.45) is 9.05. The van der Waals surface area contributed by atoms with Crippen molar-refractivity contribution in [2.24, 2.45) is 11.7 Å². The van der Waals surface area contributed by atoms with Crippen molar-refractivity contribution in [3.05, 3.63) is 69.6 Å². The number of halogens is 2. The van der Waals surface area contributed by atoms with Gasteiger partial charge in [0, 0.05) is 28.6 Å². The molecule has 5 rings (SSSR count). The van der Waals surface area contributed by atoms with Gasteiger partial charge in [-0.15, -0.1) is 0 Å². The quantitative estimate of drug-likeness (QED) is 0.703. The summed E-state index contributed by atoms with van der Waals surface area (Å²) in [6, 6.07) is 2.64. The number of nitrogens with one attached hydrogen (secondary N) is 2. The van der Waals surface area contributed by atoms with E-state index in [4.69, 9.17) is 10.5 Å². The Balaban J connectivity index is 1.24. The molecule has 1 aromatic carbocycles. The van der Waals surface area contributed by atoms with E-state index in [-0.39, 0.29) is 17.6 Å². The molecule has 0 bridgehead atoms. The second kappa shape index (κ2) is 7.96. The van der Waals surface area contributed by atoms with E-state index >= 15 is 0 Å². The number of fused-ring (bicyclic) bond motifs is 4. The van der Waals surface area contributed by atoms with Crippen LogP contribution in [0.25, 0.3) is 6.08 Å². The second-order valence-electron chi connectivity index (χ2n) is 8.60. The Hall–Kier alpha value is -2.93. The molecule has 3 aliphatic rings. The first-order valence-corrected chi connectivity index (χ1v) is 10.7. The lowest BCUT2D eigenvalue weighted by molar-refractivity contribution is 0.0997. The Kier molecular flexibility index (Phi) is 5.14. The molecule has 2 unspecified atom stereocenters. The van der Waals surface area contributed by atoms with Crippen molar-refractivity contribution in [1.29, 1.82) is 0 Å². The zero-order chi connectivity index (χ0) is 21.5. The van der Waals surface area contributed by atoms with E-state index in [0.717, 1.165) is 31.5 Å². The molecule has 0 fully saturated rings. The van der Waals surface area contributed by atoms with Crippen LogP contribution in [0.2, 0.25) is 0 Å². The summed E-state index contributed by atoms with van der Waals surface area (Å²) in [5.74, 6) is -0.630. The van der Waals surface area contributed by atoms with Gasteiger partial charge in [-0.1, -0.05) is 0 Å². The van der Waals surface area contributed by atoms with Gasteiger partial charge in [0.1, 0.15) is 12.4 Å². The second-order valence-corrected chi connectivity index (χ2v) is 8.60. The molecule has 2 aromatic rings. The Morgan fingerprint density at radius 3 is 2.90 bits per heavy atom. The summed E-state index contributed by atoms with van der Waals surface area (Å²) in [7, 11) is 0. The Bertz CT molecular complexity index is 1100. The average molecular weight is 425 g/mol. The molecule has 0 saturated heterocycles. The third-order valence-electron chi connectivity index (χ3n) is 6.60. The predicted octanol–water partition coefficient (Wildman–Crippen LogP) is 3.37. The lowest BCUT2D eigenvalue weighted by Gasteiger charge is -2.30. The van der Waals surface area contributed by atoms with Crippen molar-refractivity contribution in [1.82, 2.24) is 10.3 Å². The Labute approximate surface area is 179 Å². The topological polar surface area (TPSA) is 80.1 Å². The zero-order valence-corrected chi connectivity index (χ0v) is 17.1. The van der Waals surface area contributed by atoms with Crippen molar-refractivity contribution < 1.29 is 18.3 Å². The number of primary amides is 1. The first-order valence-electron chi connectivity index (χ1n) is 10.7. The van der Waals surface area contributed by atoms with Crippen LogP contribution in [0.5, 0.6) is 5.75 Å². The summed E-state index contributed by atoms with van der Waals surface area (Å²) in [6.45, 7) is 1.15. The number of carbonyl (C=O) groups is 1. The molecule has 1 amide bonds. The van der Waals surface area contributed by atoms with Crippen LogP contribution >= 0.6 is 0 Å². The lowest BCUT2D eigenvalue weighted by atomic mass is 9.85. The number of rotatable bonds is 4. The number of carbonyl (C=O) groups excluding carboxylic acids is 1. The highest BCUT2D eigenvalue weighted by Crippen LogP contribution is 2.34. The summed E-state index contributed by atoms with van der Waals surface area (Å²) in [4.78, 5) is 15.2. The van der Waals surface area contributed by atoms with Crippen LogP contribution in [0.1, 0.15) is 44.9 Å². The van der Waals surface area contributed by atoms with Gasteiger partial charge >= 0.3 is 0 Å². The molecule has 5 nitrogen and oxygen atoms in total. The predicted molar refractivity (Wildman–Crippen MR) is 114 cm³/mol. The van der Waals surface area contributed by atoms with Gasteiger partial charge in [0.25, 0.3) is 0 Å². The lowest BCUT2D eigenvalue weighted by Crippen LogP contribution is -2.43. The van der Waals surface area contributed by atoms with Crippen molar-refractivity contribution >= 4 is 12.0 Å². The van der Waals surface area contributed by atoms with Gasteiger partial charge in [-0.05, 0) is 86.1 Å². The van der Waals surface area contributed by atoms with Crippen LogP contribution in [-0.2, 0) is 25.7 Å². The number of amides is 1. The fourth-order valence-electron chi connectivity index (χ4n) is 5.00. The SMILES string of the molecule is NC(=O)c1ccc(F)c2c1CC(NCC1CCc3c([nH]c4c3CC=C(F)C=C4)C1)CO2. The van der Waals surface area contributed by atoms with Gasteiger partial charge in [-0.2, -0.15) is 0 Å². The van der Waals surface area contributed by atoms with Gasteiger partial charge in [-0.25, -0.2) is 8.78 Å². The summed E-state index contributed by atoms with van der Waals surface area (Å²) < 4.78 is 33.2. The molecule has 0 radical (unpaired) electrons. The zero-order valence-electron chi connectivity index (χ0n) is 17.1. The molecule has 1 aliphatic heterocycles. The Morgan fingerprint density at radius 2 is 2.06 bits per heavy atom. The van der Waals surface area contributed by atoms with Crippen molar-refractivity contribution in [2.75, 3.05) is 13.2 Å². The number of aromatic nitrogens is 1. The van der Waals surface area contributed by atoms with Crippen LogP contribution in [0, 0.1) is 11.7 Å². The number of hydrogen-bond acceptors (Lipinski definition) is 3. The maximum Gasteiger partial charge on any atom is 0.249 e. The normalized spacial score (nSPS) is 21.9. The summed E-state index contributed by atoms with van der Waals surface area (Å²) in [5, 5.41) is 3.54. The van der Waals surface area contributed by atoms with Gasteiger partial charge in [0.2, 0.25) is 5.91 Å². The highest BCUT2D eigenvalue weighted by atomic mass is 19.1. The molecular weight excluding hydrogens is 400 g/mol. The van der Waals surface area contributed by atoms with E-state index in [9.17, 15) is 13.6 Å². The van der Waals surface area contributed by atoms with Crippen LogP contribution in [0.3, 0.4) is 0 Å². The number of nitrogens with two attached hydrogens (primary N) is 1. The number of benzene rings is 1. The molecule has 162 valence electrons. The number of allylic oxidation sites excluding steroid dienone is 3. The maximum absolute atomic E-state index is 14.1. The van der Waals surface area contributed by atoms with Gasteiger partial charge in [0.05, 0.1) is 0 Å². The third-order valence-corrected chi connectivity index (χ3v) is 6.60. The minimum Gasteiger partial charge on any atom is -0.489 e. The molecule has 2 aliphatic carbocycles. The molecule has 31 heavy (non-hydrogen) atoms. The third kappa shape index (κ3) is 3.78. The minimum atomic E-state index is -0.574. The fourth-order valence-corrected chi connectivity index (χ4v) is 5.00. The van der Waals surface area contributed by atoms with E-state index in [2.05, 4.69) is 10.3 Å². The van der Waals surface area contributed by atoms with E-state index in [0.29, 0.717) is 36.5 Å². The van der Waals surface area contributed by atoms with Crippen LogP contribution in [0.15, 0.2) is 30.1 Å². The number of H-pyrrole nitrogens is 1. The first-order chi connectivity index (χ1) is 15.0. The maximum atomic E-state index is 14.1. The minimum absolute atomic E-state index is 0.00907. The van der Waals surface area contributed by atoms with Crippen molar-refractivity contribution in [2.45, 2.75) is 38.1 Å². The van der Waals surface area contributed by atoms with Gasteiger partial charge in [-0.3, -0.25) is 4.79 Å². The molecule has 0 spiro atoms. The summed E-state index contributed by atoms with van der Waals surface area (Å²) >= 11 is 0. The van der Waals surface area contributed by atoms with Crippen molar-refractivity contribution in [3.63, 3.8) is 0 Å². The van der Waals surface area contributed by atoms with E-state index in [1.54, 1.807) is 6.08 Å². The molecule has 2 atom stereocenters. The van der Waals surface area contributed by atoms with Crippen molar-refractivity contribution in [3.8, 4) is 5.75 Å². The number of aromatic amines is 1. The smallest absolute Gasteiger partial charge is 0.249 e. The Morgan fingerprint density at radius 1 is 1.19 bits per heavy atom. The molecular formula is C24H25F2N3O2. The molecule has 1 aromatic heterocycles. The molecule has 7 heteroatoms. The molecule has 2 heterocycles. The van der Waals surface area contributed by atoms with E-state index in [1.165, 1.54) is 35.0 Å². The molecule has 4 N–H and O–H groups in total.